The van der Waals surface area contributed by atoms with Gasteiger partial charge in [-0.05, 0) is 19.8 Å². The molecule has 0 aromatic carbocycles. The molecule has 1 atom stereocenters. The highest BCUT2D eigenvalue weighted by Crippen LogP contribution is 1.99. The minimum Gasteiger partial charge on any atom is -0.352 e. The number of aryl methyl sites for hydroxylation is 1. The maximum absolute atomic E-state index is 12.1. The Bertz CT molecular complexity index is 679. The fraction of sp³-hybridized carbons (Fsp3) is 0.571. The summed E-state index contributed by atoms with van der Waals surface area (Å²) in [6, 6.07) is 1.68. The fourth-order valence-electron chi connectivity index (χ4n) is 1.71. The van der Waals surface area contributed by atoms with Crippen LogP contribution in [-0.4, -0.2) is 21.1 Å². The van der Waals surface area contributed by atoms with E-state index >= 15 is 0 Å². The van der Waals surface area contributed by atoms with E-state index in [1.165, 1.54) is 10.8 Å². The molecule has 7 heteroatoms. The molecule has 0 saturated heterocycles. The van der Waals surface area contributed by atoms with E-state index in [1.807, 2.05) is 20.8 Å². The van der Waals surface area contributed by atoms with E-state index in [2.05, 4.69) is 5.32 Å². The maximum atomic E-state index is 12.1. The Morgan fingerprint density at radius 3 is 2.48 bits per heavy atom. The normalized spacial score (nSPS) is 12.0. The minimum atomic E-state index is -0.737. The molecule has 1 aromatic heterocycles. The van der Waals surface area contributed by atoms with Crippen molar-refractivity contribution < 1.29 is 4.79 Å². The number of nitriles is 1. The van der Waals surface area contributed by atoms with Gasteiger partial charge in [0.25, 0.3) is 5.56 Å². The first kappa shape index (κ1) is 16.7. The molecule has 1 unspecified atom stereocenters. The molecule has 114 valence electrons. The maximum Gasteiger partial charge on any atom is 0.331 e. The Kier molecular flexibility index (Phi) is 5.47. The molecule has 1 rings (SSSR count). The third-order valence-electron chi connectivity index (χ3n) is 3.39. The molecule has 0 aliphatic carbocycles. The highest BCUT2D eigenvalue weighted by Gasteiger charge is 2.16. The van der Waals surface area contributed by atoms with Gasteiger partial charge in [0, 0.05) is 18.8 Å². The van der Waals surface area contributed by atoms with E-state index in [-0.39, 0.29) is 24.1 Å². The monoisotopic (exact) mass is 292 g/mol. The first-order valence-electron chi connectivity index (χ1n) is 6.85. The zero-order valence-electron chi connectivity index (χ0n) is 12.7. The Morgan fingerprint density at radius 2 is 2.00 bits per heavy atom. The summed E-state index contributed by atoms with van der Waals surface area (Å²) in [5.74, 6) is -0.184. The van der Waals surface area contributed by atoms with Crippen molar-refractivity contribution in [1.82, 2.24) is 14.5 Å². The number of nitrogens with one attached hydrogen (secondary N) is 1. The number of carbonyl (C=O) groups excluding carboxylic acids is 1. The molecule has 1 N–H and O–H groups in total. The molecule has 0 bridgehead atoms. The lowest BCUT2D eigenvalue weighted by Crippen LogP contribution is -2.46. The summed E-state index contributed by atoms with van der Waals surface area (Å²) in [5.41, 5.74) is -1.48. The van der Waals surface area contributed by atoms with Crippen LogP contribution in [0.2, 0.25) is 0 Å². The molecule has 0 fully saturated rings. The lowest BCUT2D eigenvalue weighted by atomic mass is 10.1. The van der Waals surface area contributed by atoms with Gasteiger partial charge in [0.15, 0.2) is 0 Å². The summed E-state index contributed by atoms with van der Waals surface area (Å²) in [6.07, 6.45) is 1.22. The zero-order chi connectivity index (χ0) is 16.2. The van der Waals surface area contributed by atoms with Gasteiger partial charge in [-0.2, -0.15) is 5.26 Å². The second-order valence-corrected chi connectivity index (χ2v) is 5.21. The van der Waals surface area contributed by atoms with Gasteiger partial charge in [0.1, 0.15) is 18.2 Å². The highest BCUT2D eigenvalue weighted by molar-refractivity contribution is 5.76. The molecule has 21 heavy (non-hydrogen) atoms. The molecule has 0 aliphatic heterocycles. The van der Waals surface area contributed by atoms with E-state index in [0.29, 0.717) is 6.54 Å². The molecule has 1 amide bonds. The third-order valence-corrected chi connectivity index (χ3v) is 3.39. The summed E-state index contributed by atoms with van der Waals surface area (Å²) in [5, 5.41) is 11.7. The van der Waals surface area contributed by atoms with Crippen LogP contribution in [0.25, 0.3) is 0 Å². The zero-order valence-corrected chi connectivity index (χ0v) is 12.7. The Labute approximate surface area is 122 Å². The Hall–Kier alpha value is -2.36. The predicted octanol–water partition coefficient (Wildman–Crippen LogP) is 0.0623. The van der Waals surface area contributed by atoms with Gasteiger partial charge in [-0.1, -0.05) is 13.8 Å². The first-order chi connectivity index (χ1) is 9.81. The van der Waals surface area contributed by atoms with Crippen LogP contribution in [0.15, 0.2) is 15.8 Å². The second-order valence-electron chi connectivity index (χ2n) is 5.21. The van der Waals surface area contributed by atoms with E-state index in [4.69, 9.17) is 5.26 Å². The molecule has 1 aromatic rings. The van der Waals surface area contributed by atoms with Crippen LogP contribution in [0, 0.1) is 17.2 Å². The number of aromatic nitrogens is 2. The molecule has 0 aliphatic rings. The molecule has 0 saturated carbocycles. The summed E-state index contributed by atoms with van der Waals surface area (Å²) in [4.78, 5) is 36.0. The van der Waals surface area contributed by atoms with Crippen molar-refractivity contribution in [3.8, 4) is 6.07 Å². The van der Waals surface area contributed by atoms with Gasteiger partial charge in [-0.3, -0.25) is 14.2 Å². The smallest absolute Gasteiger partial charge is 0.331 e. The van der Waals surface area contributed by atoms with Crippen LogP contribution in [0.3, 0.4) is 0 Å². The van der Waals surface area contributed by atoms with Gasteiger partial charge in [-0.15, -0.1) is 0 Å². The van der Waals surface area contributed by atoms with E-state index in [0.717, 1.165) is 4.57 Å². The summed E-state index contributed by atoms with van der Waals surface area (Å²) in [6.45, 7) is 7.41. The molecule has 7 nitrogen and oxygen atoms in total. The highest BCUT2D eigenvalue weighted by atomic mass is 16.2. The van der Waals surface area contributed by atoms with Crippen molar-refractivity contribution >= 4 is 5.91 Å². The molecule has 0 radical (unpaired) electrons. The number of rotatable bonds is 5. The minimum absolute atomic E-state index is 0.0687. The van der Waals surface area contributed by atoms with Crippen molar-refractivity contribution in [1.29, 1.82) is 5.26 Å². The summed E-state index contributed by atoms with van der Waals surface area (Å²) < 4.78 is 2.03. The molecule has 0 spiro atoms. The van der Waals surface area contributed by atoms with Crippen molar-refractivity contribution in [2.75, 3.05) is 0 Å². The van der Waals surface area contributed by atoms with Crippen molar-refractivity contribution in [3.63, 3.8) is 0 Å². The van der Waals surface area contributed by atoms with Crippen LogP contribution in [0.4, 0.5) is 0 Å². The SMILES string of the molecule is CCn1cc(C#N)c(=O)n(CC(=O)NC(C)C(C)C)c1=O. The fourth-order valence-corrected chi connectivity index (χ4v) is 1.71. The van der Waals surface area contributed by atoms with Crippen molar-refractivity contribution in [2.45, 2.75) is 46.8 Å². The third kappa shape index (κ3) is 3.81. The van der Waals surface area contributed by atoms with Gasteiger partial charge in [0.2, 0.25) is 5.91 Å². The van der Waals surface area contributed by atoms with Gasteiger partial charge >= 0.3 is 5.69 Å². The first-order valence-corrected chi connectivity index (χ1v) is 6.85. The van der Waals surface area contributed by atoms with Crippen LogP contribution >= 0.6 is 0 Å². The van der Waals surface area contributed by atoms with Crippen molar-refractivity contribution in [2.24, 2.45) is 5.92 Å². The van der Waals surface area contributed by atoms with Gasteiger partial charge in [-0.25, -0.2) is 9.36 Å². The Balaban J connectivity index is 3.14. The summed E-state index contributed by atoms with van der Waals surface area (Å²) in [7, 11) is 0. The molecule has 1 heterocycles. The van der Waals surface area contributed by atoms with Gasteiger partial charge in [0.05, 0.1) is 0 Å². The number of carbonyl (C=O) groups is 1. The lowest BCUT2D eigenvalue weighted by Gasteiger charge is -2.17. The average Bonchev–Trinajstić information content (AvgIpc) is 2.43. The number of nitrogens with zero attached hydrogens (tertiary/aromatic N) is 3. The van der Waals surface area contributed by atoms with Crippen LogP contribution in [0.5, 0.6) is 0 Å². The molecular formula is C14H20N4O3. The van der Waals surface area contributed by atoms with E-state index in [9.17, 15) is 14.4 Å². The topological polar surface area (TPSA) is 96.9 Å². The van der Waals surface area contributed by atoms with E-state index in [1.54, 1.807) is 13.0 Å². The predicted molar refractivity (Wildman–Crippen MR) is 77.8 cm³/mol. The standard InChI is InChI=1S/C14H20N4O3/c1-5-17-7-11(6-15)13(20)18(14(17)21)8-12(19)16-10(4)9(2)3/h7,9-10H,5,8H2,1-4H3,(H,16,19). The molecular weight excluding hydrogens is 272 g/mol. The number of hydrogen-bond donors (Lipinski definition) is 1. The Morgan fingerprint density at radius 1 is 1.38 bits per heavy atom. The number of amides is 1. The van der Waals surface area contributed by atoms with Crippen LogP contribution in [0.1, 0.15) is 33.3 Å². The van der Waals surface area contributed by atoms with Crippen LogP contribution in [-0.2, 0) is 17.9 Å². The summed E-state index contributed by atoms with van der Waals surface area (Å²) >= 11 is 0. The van der Waals surface area contributed by atoms with E-state index < -0.39 is 17.2 Å². The largest absolute Gasteiger partial charge is 0.352 e. The lowest BCUT2D eigenvalue weighted by molar-refractivity contribution is -0.122. The van der Waals surface area contributed by atoms with Gasteiger partial charge < -0.3 is 5.32 Å². The average molecular weight is 292 g/mol. The van der Waals surface area contributed by atoms with Crippen LogP contribution < -0.4 is 16.6 Å². The quantitative estimate of drug-likeness (QED) is 0.830. The number of hydrogen-bond acceptors (Lipinski definition) is 4. The van der Waals surface area contributed by atoms with Crippen molar-refractivity contribution in [3.05, 3.63) is 32.6 Å². The second kappa shape index (κ2) is 6.88.